The third-order valence-electron chi connectivity index (χ3n) is 2.76. The Morgan fingerprint density at radius 3 is 2.55 bits per heavy atom. The second kappa shape index (κ2) is 5.01. The predicted molar refractivity (Wildman–Crippen MR) is 74.4 cm³/mol. The number of carboxylic acid groups (broad SMARTS) is 1. The number of nitrogens with one attached hydrogen (secondary N) is 1. The summed E-state index contributed by atoms with van der Waals surface area (Å²) in [6, 6.07) is 5.96. The number of benzene rings is 1. The molecule has 2 N–H and O–H groups in total. The number of carbonyl (C=O) groups is 1. The number of sulfonamides is 1. The van der Waals surface area contributed by atoms with Gasteiger partial charge >= 0.3 is 5.97 Å². The Kier molecular flexibility index (Phi) is 3.54. The van der Waals surface area contributed by atoms with E-state index in [0.717, 1.165) is 5.56 Å². The molecule has 2 rings (SSSR count). The molecule has 1 aromatic heterocycles. The summed E-state index contributed by atoms with van der Waals surface area (Å²) in [5.41, 5.74) is 0.710. The van der Waals surface area contributed by atoms with Gasteiger partial charge in [-0.2, -0.15) is 0 Å². The standard InChI is InChI=1S/C13H14N2O4S/c1-9-3-4-12(11(7-9)13(16)17)14-20(18,19)10-5-6-15(2)8-10/h3-8,14H,1-2H3,(H,16,17). The molecule has 0 aliphatic carbocycles. The Hall–Kier alpha value is -2.28. The zero-order valence-corrected chi connectivity index (χ0v) is 11.8. The van der Waals surface area contributed by atoms with Gasteiger partial charge in [0.15, 0.2) is 0 Å². The highest BCUT2D eigenvalue weighted by Gasteiger charge is 2.19. The van der Waals surface area contributed by atoms with E-state index in [4.69, 9.17) is 5.11 Å². The molecule has 0 radical (unpaired) electrons. The van der Waals surface area contributed by atoms with Crippen LogP contribution in [0.4, 0.5) is 5.69 Å². The lowest BCUT2D eigenvalue weighted by Crippen LogP contribution is -2.15. The van der Waals surface area contributed by atoms with Crippen molar-refractivity contribution in [2.75, 3.05) is 4.72 Å². The first kappa shape index (κ1) is 14.1. The highest BCUT2D eigenvalue weighted by atomic mass is 32.2. The van der Waals surface area contributed by atoms with E-state index in [1.165, 1.54) is 24.4 Å². The minimum atomic E-state index is -3.80. The van der Waals surface area contributed by atoms with Crippen molar-refractivity contribution in [3.8, 4) is 0 Å². The van der Waals surface area contributed by atoms with Gasteiger partial charge in [0.1, 0.15) is 4.90 Å². The van der Waals surface area contributed by atoms with E-state index in [1.54, 1.807) is 30.8 Å². The number of hydrogen-bond acceptors (Lipinski definition) is 3. The van der Waals surface area contributed by atoms with Gasteiger partial charge in [0.25, 0.3) is 10.0 Å². The number of hydrogen-bond donors (Lipinski definition) is 2. The molecule has 1 aromatic carbocycles. The van der Waals surface area contributed by atoms with Crippen molar-refractivity contribution in [1.29, 1.82) is 0 Å². The van der Waals surface area contributed by atoms with E-state index in [2.05, 4.69) is 4.72 Å². The van der Waals surface area contributed by atoms with Crippen LogP contribution in [0.15, 0.2) is 41.6 Å². The summed E-state index contributed by atoms with van der Waals surface area (Å²) in [4.78, 5) is 11.2. The second-order valence-electron chi connectivity index (χ2n) is 4.47. The first-order valence-corrected chi connectivity index (χ1v) is 7.26. The molecule has 0 saturated carbocycles. The van der Waals surface area contributed by atoms with E-state index in [0.29, 0.717) is 0 Å². The smallest absolute Gasteiger partial charge is 0.337 e. The Morgan fingerprint density at radius 2 is 2.00 bits per heavy atom. The van der Waals surface area contributed by atoms with E-state index in [1.807, 2.05) is 0 Å². The Balaban J connectivity index is 2.42. The lowest BCUT2D eigenvalue weighted by Gasteiger charge is -2.10. The number of aryl methyl sites for hydroxylation is 2. The zero-order valence-electron chi connectivity index (χ0n) is 11.0. The first-order valence-electron chi connectivity index (χ1n) is 5.78. The average Bonchev–Trinajstić information content (AvgIpc) is 2.78. The summed E-state index contributed by atoms with van der Waals surface area (Å²) >= 11 is 0. The SMILES string of the molecule is Cc1ccc(NS(=O)(=O)c2ccn(C)c2)c(C(=O)O)c1. The summed E-state index contributed by atoms with van der Waals surface area (Å²) in [5, 5.41) is 9.12. The predicted octanol–water partition coefficient (Wildman–Crippen LogP) is 1.83. The number of aromatic carboxylic acids is 1. The maximum Gasteiger partial charge on any atom is 0.337 e. The minimum Gasteiger partial charge on any atom is -0.478 e. The van der Waals surface area contributed by atoms with Crippen molar-refractivity contribution < 1.29 is 18.3 Å². The van der Waals surface area contributed by atoms with E-state index in [9.17, 15) is 13.2 Å². The van der Waals surface area contributed by atoms with Crippen molar-refractivity contribution >= 4 is 21.7 Å². The summed E-state index contributed by atoms with van der Waals surface area (Å²) in [7, 11) is -2.09. The van der Waals surface area contributed by atoms with Gasteiger partial charge in [-0.05, 0) is 25.1 Å². The number of carboxylic acids is 1. The van der Waals surface area contributed by atoms with Crippen LogP contribution in [0, 0.1) is 6.92 Å². The number of rotatable bonds is 4. The molecule has 106 valence electrons. The van der Waals surface area contributed by atoms with Gasteiger partial charge in [-0.3, -0.25) is 4.72 Å². The quantitative estimate of drug-likeness (QED) is 0.900. The van der Waals surface area contributed by atoms with Crippen LogP contribution in [0.25, 0.3) is 0 Å². The van der Waals surface area contributed by atoms with E-state index in [-0.39, 0.29) is 16.1 Å². The van der Waals surface area contributed by atoms with Crippen LogP contribution in [0.5, 0.6) is 0 Å². The van der Waals surface area contributed by atoms with Gasteiger partial charge in [-0.25, -0.2) is 13.2 Å². The molecule has 0 spiro atoms. The monoisotopic (exact) mass is 294 g/mol. The fourth-order valence-electron chi connectivity index (χ4n) is 1.76. The molecule has 20 heavy (non-hydrogen) atoms. The molecule has 0 atom stereocenters. The van der Waals surface area contributed by atoms with Crippen molar-refractivity contribution in [1.82, 2.24) is 4.57 Å². The molecule has 2 aromatic rings. The fraction of sp³-hybridized carbons (Fsp3) is 0.154. The largest absolute Gasteiger partial charge is 0.478 e. The van der Waals surface area contributed by atoms with Crippen molar-refractivity contribution in [2.24, 2.45) is 7.05 Å². The third-order valence-corrected chi connectivity index (χ3v) is 4.12. The van der Waals surface area contributed by atoms with E-state index >= 15 is 0 Å². The number of aromatic nitrogens is 1. The lowest BCUT2D eigenvalue weighted by atomic mass is 10.1. The van der Waals surface area contributed by atoms with Crippen LogP contribution < -0.4 is 4.72 Å². The first-order chi connectivity index (χ1) is 9.29. The van der Waals surface area contributed by atoms with Gasteiger partial charge in [0.2, 0.25) is 0 Å². The summed E-state index contributed by atoms with van der Waals surface area (Å²) in [6.07, 6.45) is 3.04. The van der Waals surface area contributed by atoms with Crippen LogP contribution in [0.1, 0.15) is 15.9 Å². The molecule has 0 amide bonds. The highest BCUT2D eigenvalue weighted by Crippen LogP contribution is 2.21. The molecule has 6 nitrogen and oxygen atoms in total. The molecule has 7 heteroatoms. The molecule has 1 heterocycles. The topological polar surface area (TPSA) is 88.4 Å². The molecule has 0 unspecified atom stereocenters. The number of nitrogens with zero attached hydrogens (tertiary/aromatic N) is 1. The van der Waals surface area contributed by atoms with Crippen LogP contribution >= 0.6 is 0 Å². The van der Waals surface area contributed by atoms with Gasteiger partial charge in [0, 0.05) is 19.4 Å². The van der Waals surface area contributed by atoms with Crippen molar-refractivity contribution in [2.45, 2.75) is 11.8 Å². The second-order valence-corrected chi connectivity index (χ2v) is 6.15. The highest BCUT2D eigenvalue weighted by molar-refractivity contribution is 7.92. The molecular formula is C13H14N2O4S. The normalized spacial score (nSPS) is 11.3. The summed E-state index contributed by atoms with van der Waals surface area (Å²) < 4.78 is 28.2. The molecule has 0 saturated heterocycles. The van der Waals surface area contributed by atoms with Crippen LogP contribution in [0.2, 0.25) is 0 Å². The van der Waals surface area contributed by atoms with Gasteiger partial charge in [-0.15, -0.1) is 0 Å². The molecule has 0 bridgehead atoms. The van der Waals surface area contributed by atoms with Gasteiger partial charge in [0.05, 0.1) is 11.3 Å². The van der Waals surface area contributed by atoms with Crippen molar-refractivity contribution in [3.63, 3.8) is 0 Å². The van der Waals surface area contributed by atoms with Crippen LogP contribution in [0.3, 0.4) is 0 Å². The average molecular weight is 294 g/mol. The lowest BCUT2D eigenvalue weighted by molar-refractivity contribution is 0.0698. The van der Waals surface area contributed by atoms with E-state index < -0.39 is 16.0 Å². The molecule has 0 aliphatic heterocycles. The Bertz CT molecular complexity index is 762. The minimum absolute atomic E-state index is 0.0481. The Morgan fingerprint density at radius 1 is 1.30 bits per heavy atom. The van der Waals surface area contributed by atoms with Crippen molar-refractivity contribution in [3.05, 3.63) is 47.8 Å². The summed E-state index contributed by atoms with van der Waals surface area (Å²) in [6.45, 7) is 1.74. The zero-order chi connectivity index (χ0) is 14.9. The maximum atomic E-state index is 12.2. The third kappa shape index (κ3) is 2.83. The molecular weight excluding hydrogens is 280 g/mol. The maximum absolute atomic E-state index is 12.2. The number of anilines is 1. The van der Waals surface area contributed by atoms with Gasteiger partial charge in [-0.1, -0.05) is 11.6 Å². The molecule has 0 fully saturated rings. The fourth-order valence-corrected chi connectivity index (χ4v) is 2.89. The van der Waals surface area contributed by atoms with Gasteiger partial charge < -0.3 is 9.67 Å². The van der Waals surface area contributed by atoms with Crippen LogP contribution in [-0.2, 0) is 17.1 Å². The molecule has 0 aliphatic rings. The van der Waals surface area contributed by atoms with Crippen LogP contribution in [-0.4, -0.2) is 24.1 Å². The summed E-state index contributed by atoms with van der Waals surface area (Å²) in [5.74, 6) is -1.18. The Labute approximate surface area is 116 Å².